The maximum Gasteiger partial charge on any atom is 0.306 e. The van der Waals surface area contributed by atoms with Crippen LogP contribution in [-0.4, -0.2) is 70.0 Å². The van der Waals surface area contributed by atoms with Gasteiger partial charge in [-0.15, -0.1) is 0 Å². The maximum atomic E-state index is 12.7. The van der Waals surface area contributed by atoms with Crippen LogP contribution < -0.4 is 4.89 Å². The largest absolute Gasteiger partial charge is 0.756 e. The minimum atomic E-state index is -4.62. The zero-order valence-electron chi connectivity index (χ0n) is 36.6. The summed E-state index contributed by atoms with van der Waals surface area (Å²) in [5, 5.41) is 0. The van der Waals surface area contributed by atoms with Crippen LogP contribution in [0.15, 0.2) is 12.2 Å². The van der Waals surface area contributed by atoms with Gasteiger partial charge in [0.15, 0.2) is 6.10 Å². The first-order chi connectivity index (χ1) is 26.5. The van der Waals surface area contributed by atoms with Gasteiger partial charge < -0.3 is 27.9 Å². The number of phosphoric ester groups is 1. The monoisotopic (exact) mass is 802 g/mol. The molecule has 55 heavy (non-hydrogen) atoms. The Kier molecular flexibility index (Phi) is 37.4. The van der Waals surface area contributed by atoms with Crippen LogP contribution in [0.3, 0.4) is 0 Å². The molecule has 0 aliphatic rings. The number of ether oxygens (including phenoxy) is 2. The van der Waals surface area contributed by atoms with Gasteiger partial charge in [0, 0.05) is 12.8 Å². The van der Waals surface area contributed by atoms with Crippen molar-refractivity contribution in [2.24, 2.45) is 0 Å². The van der Waals surface area contributed by atoms with Crippen LogP contribution in [-0.2, 0) is 32.7 Å². The van der Waals surface area contributed by atoms with Crippen molar-refractivity contribution in [3.05, 3.63) is 12.2 Å². The number of hydrogen-bond donors (Lipinski definition) is 0. The predicted molar refractivity (Wildman–Crippen MR) is 227 cm³/mol. The van der Waals surface area contributed by atoms with Crippen LogP contribution in [0.1, 0.15) is 213 Å². The number of likely N-dealkylation sites (N-methyl/N-ethyl adjacent to an activating group) is 1. The Morgan fingerprint density at radius 3 is 1.35 bits per heavy atom. The fourth-order valence-corrected chi connectivity index (χ4v) is 7.14. The lowest BCUT2D eigenvalue weighted by Gasteiger charge is -2.28. The highest BCUT2D eigenvalue weighted by atomic mass is 31.2. The minimum absolute atomic E-state index is 0.0280. The number of unbranched alkanes of at least 4 members (excludes halogenated alkanes) is 26. The second-order valence-electron chi connectivity index (χ2n) is 16.8. The Hall–Kier alpha value is -1.25. The van der Waals surface area contributed by atoms with Gasteiger partial charge in [-0.25, -0.2) is 0 Å². The number of nitrogens with zero attached hydrogens (tertiary/aromatic N) is 1. The van der Waals surface area contributed by atoms with Crippen molar-refractivity contribution >= 4 is 19.8 Å². The van der Waals surface area contributed by atoms with Crippen LogP contribution in [0.25, 0.3) is 0 Å². The lowest BCUT2D eigenvalue weighted by Crippen LogP contribution is -2.37. The van der Waals surface area contributed by atoms with Crippen molar-refractivity contribution in [3.8, 4) is 0 Å². The summed E-state index contributed by atoms with van der Waals surface area (Å²) in [7, 11) is 1.17. The Morgan fingerprint density at radius 2 is 0.927 bits per heavy atom. The molecule has 2 atom stereocenters. The molecule has 0 heterocycles. The minimum Gasteiger partial charge on any atom is -0.756 e. The molecule has 0 radical (unpaired) electrons. The normalized spacial score (nSPS) is 13.6. The molecule has 0 rings (SSSR count). The summed E-state index contributed by atoms with van der Waals surface area (Å²) < 4.78 is 33.9. The number of carbonyl (C=O) groups excluding carboxylic acids is 2. The SMILES string of the molecule is CCCCCCCC/C=C\CCCCCCCCCCCC(=O)OC(COC(=O)CCCCCCCCCCCCCC)COP(=O)([O-])OCC[N+](C)(C)C. The third kappa shape index (κ3) is 42.2. The molecule has 0 spiro atoms. The van der Waals surface area contributed by atoms with Crippen molar-refractivity contribution in [1.82, 2.24) is 0 Å². The first-order valence-electron chi connectivity index (χ1n) is 22.9. The molecule has 10 heteroatoms. The quantitative estimate of drug-likeness (QED) is 0.0197. The Morgan fingerprint density at radius 1 is 0.545 bits per heavy atom. The van der Waals surface area contributed by atoms with E-state index in [-0.39, 0.29) is 32.0 Å². The molecule has 0 aromatic heterocycles. The highest BCUT2D eigenvalue weighted by molar-refractivity contribution is 7.45. The maximum absolute atomic E-state index is 12.7. The number of allylic oxidation sites excluding steroid dienone is 2. The Bertz CT molecular complexity index is 954. The zero-order chi connectivity index (χ0) is 40.7. The molecule has 0 bridgehead atoms. The fourth-order valence-electron chi connectivity index (χ4n) is 6.41. The van der Waals surface area contributed by atoms with Crippen LogP contribution in [0.5, 0.6) is 0 Å². The van der Waals surface area contributed by atoms with Gasteiger partial charge in [0.05, 0.1) is 27.7 Å². The molecule has 326 valence electrons. The average molecular weight is 802 g/mol. The third-order valence-electron chi connectivity index (χ3n) is 10.0. The topological polar surface area (TPSA) is 111 Å². The summed E-state index contributed by atoms with van der Waals surface area (Å²) in [6.45, 7) is 4.24. The van der Waals surface area contributed by atoms with Crippen molar-refractivity contribution in [3.63, 3.8) is 0 Å². The van der Waals surface area contributed by atoms with Gasteiger partial charge >= 0.3 is 11.9 Å². The second-order valence-corrected chi connectivity index (χ2v) is 18.2. The van der Waals surface area contributed by atoms with E-state index in [9.17, 15) is 19.0 Å². The van der Waals surface area contributed by atoms with Crippen molar-refractivity contribution in [2.75, 3.05) is 47.5 Å². The van der Waals surface area contributed by atoms with E-state index in [2.05, 4.69) is 26.0 Å². The summed E-state index contributed by atoms with van der Waals surface area (Å²) in [6.07, 6.45) is 39.5. The van der Waals surface area contributed by atoms with E-state index in [1.165, 1.54) is 141 Å². The third-order valence-corrected chi connectivity index (χ3v) is 11.0. The van der Waals surface area contributed by atoms with Crippen molar-refractivity contribution < 1.29 is 42.1 Å². The van der Waals surface area contributed by atoms with E-state index in [4.69, 9.17) is 18.5 Å². The summed E-state index contributed by atoms with van der Waals surface area (Å²) in [5.41, 5.74) is 0. The fraction of sp³-hybridized carbons (Fsp3) is 0.911. The predicted octanol–water partition coefficient (Wildman–Crippen LogP) is 12.3. The van der Waals surface area contributed by atoms with Crippen LogP contribution in [0, 0.1) is 0 Å². The highest BCUT2D eigenvalue weighted by Gasteiger charge is 2.21. The number of quaternary nitrogens is 1. The van der Waals surface area contributed by atoms with Gasteiger partial charge in [-0.2, -0.15) is 0 Å². The molecular formula is C45H88NO8P. The van der Waals surface area contributed by atoms with Crippen molar-refractivity contribution in [1.29, 1.82) is 0 Å². The first kappa shape index (κ1) is 53.8. The van der Waals surface area contributed by atoms with Crippen LogP contribution in [0.2, 0.25) is 0 Å². The molecule has 0 saturated heterocycles. The van der Waals surface area contributed by atoms with Crippen molar-refractivity contribution in [2.45, 2.75) is 219 Å². The summed E-state index contributed by atoms with van der Waals surface area (Å²) in [5.74, 6) is -0.827. The van der Waals surface area contributed by atoms with Gasteiger partial charge in [-0.3, -0.25) is 14.2 Å². The number of rotatable bonds is 42. The molecule has 0 aromatic carbocycles. The number of phosphoric acid groups is 1. The molecule has 0 N–H and O–H groups in total. The number of carbonyl (C=O) groups is 2. The van der Waals surface area contributed by atoms with E-state index in [0.717, 1.165) is 38.5 Å². The van der Waals surface area contributed by atoms with E-state index >= 15 is 0 Å². The standard InChI is InChI=1S/C45H88NO8P/c1-6-8-10-12-14-16-18-20-21-22-23-24-25-26-28-30-32-34-36-38-45(48)54-43(42-53-55(49,50)52-40-39-46(3,4)5)41-51-44(47)37-35-33-31-29-27-19-17-15-13-11-9-7-2/h20-21,43H,6-19,22-42H2,1-5H3/b21-20-. The molecule has 0 amide bonds. The summed E-state index contributed by atoms with van der Waals surface area (Å²) in [6, 6.07) is 0. The van der Waals surface area contributed by atoms with Gasteiger partial charge in [0.2, 0.25) is 0 Å². The molecule has 2 unspecified atom stereocenters. The zero-order valence-corrected chi connectivity index (χ0v) is 37.5. The van der Waals surface area contributed by atoms with Gasteiger partial charge in [-0.1, -0.05) is 174 Å². The van der Waals surface area contributed by atoms with Gasteiger partial charge in [0.25, 0.3) is 7.82 Å². The van der Waals surface area contributed by atoms with E-state index in [1.54, 1.807) is 0 Å². The molecule has 0 aliphatic carbocycles. The molecule has 0 aliphatic heterocycles. The lowest BCUT2D eigenvalue weighted by atomic mass is 10.0. The van der Waals surface area contributed by atoms with Crippen LogP contribution in [0.4, 0.5) is 0 Å². The number of esters is 2. The molecule has 0 aromatic rings. The molecule has 0 fully saturated rings. The summed E-state index contributed by atoms with van der Waals surface area (Å²) >= 11 is 0. The first-order valence-corrected chi connectivity index (χ1v) is 24.4. The Labute approximate surface area is 339 Å². The summed E-state index contributed by atoms with van der Waals surface area (Å²) in [4.78, 5) is 37.5. The Balaban J connectivity index is 4.28. The lowest BCUT2D eigenvalue weighted by molar-refractivity contribution is -0.870. The van der Waals surface area contributed by atoms with Crippen LogP contribution >= 0.6 is 7.82 Å². The van der Waals surface area contributed by atoms with E-state index in [0.29, 0.717) is 17.4 Å². The molecule has 0 saturated carbocycles. The van der Waals surface area contributed by atoms with Gasteiger partial charge in [-0.05, 0) is 38.5 Å². The smallest absolute Gasteiger partial charge is 0.306 e. The second kappa shape index (κ2) is 38.3. The number of hydrogen-bond acceptors (Lipinski definition) is 8. The van der Waals surface area contributed by atoms with E-state index < -0.39 is 26.5 Å². The molecule has 9 nitrogen and oxygen atoms in total. The highest BCUT2D eigenvalue weighted by Crippen LogP contribution is 2.38. The molecular weight excluding hydrogens is 713 g/mol. The van der Waals surface area contributed by atoms with E-state index in [1.807, 2.05) is 21.1 Å². The van der Waals surface area contributed by atoms with Gasteiger partial charge in [0.1, 0.15) is 19.8 Å². The average Bonchev–Trinajstić information content (AvgIpc) is 3.13.